The van der Waals surface area contributed by atoms with Crippen LogP contribution in [0, 0.1) is 0 Å². The number of methoxy groups -OCH3 is 1. The molecule has 0 aliphatic rings. The smallest absolute Gasteiger partial charge is 0.396 e. The van der Waals surface area contributed by atoms with E-state index in [4.69, 9.17) is 4.74 Å². The Hall–Kier alpha value is -2.04. The second kappa shape index (κ2) is 8.13. The van der Waals surface area contributed by atoms with E-state index in [-0.39, 0.29) is 6.61 Å². The zero-order valence-corrected chi connectivity index (χ0v) is 11.3. The maximum atomic E-state index is 11.2. The zero-order valence-electron chi connectivity index (χ0n) is 11.3. The van der Waals surface area contributed by atoms with Crippen molar-refractivity contribution in [2.75, 3.05) is 20.3 Å². The normalized spacial score (nSPS) is 9.79. The SMILES string of the molecule is CCOC(=O)C(=O)NCCCc1ccc(OC)cc1. The highest BCUT2D eigenvalue weighted by Crippen LogP contribution is 2.12. The molecular weight excluding hydrogens is 246 g/mol. The van der Waals surface area contributed by atoms with Gasteiger partial charge in [0.25, 0.3) is 0 Å². The average Bonchev–Trinajstić information content (AvgIpc) is 2.44. The van der Waals surface area contributed by atoms with Crippen LogP contribution in [0.1, 0.15) is 18.9 Å². The number of carbonyl (C=O) groups excluding carboxylic acids is 2. The molecule has 5 nitrogen and oxygen atoms in total. The molecule has 0 fully saturated rings. The number of aryl methyl sites for hydroxylation is 1. The number of hydrogen-bond acceptors (Lipinski definition) is 4. The molecule has 0 saturated heterocycles. The number of ether oxygens (including phenoxy) is 2. The lowest BCUT2D eigenvalue weighted by atomic mass is 10.1. The van der Waals surface area contributed by atoms with Crippen LogP contribution < -0.4 is 10.1 Å². The summed E-state index contributed by atoms with van der Waals surface area (Å²) in [6.45, 7) is 2.32. The van der Waals surface area contributed by atoms with Crippen molar-refractivity contribution in [2.45, 2.75) is 19.8 Å². The van der Waals surface area contributed by atoms with Crippen LogP contribution in [0.3, 0.4) is 0 Å². The summed E-state index contributed by atoms with van der Waals surface area (Å²) in [6, 6.07) is 7.75. The van der Waals surface area contributed by atoms with Gasteiger partial charge in [-0.1, -0.05) is 12.1 Å². The highest BCUT2D eigenvalue weighted by atomic mass is 16.5. The number of benzene rings is 1. The minimum absolute atomic E-state index is 0.206. The predicted octanol–water partition coefficient (Wildman–Crippen LogP) is 1.31. The molecule has 0 aliphatic heterocycles. The van der Waals surface area contributed by atoms with E-state index in [2.05, 4.69) is 10.1 Å². The average molecular weight is 265 g/mol. The standard InChI is InChI=1S/C14H19NO4/c1-3-19-14(17)13(16)15-10-4-5-11-6-8-12(18-2)9-7-11/h6-9H,3-5,10H2,1-2H3,(H,15,16). The van der Waals surface area contributed by atoms with Gasteiger partial charge in [-0.05, 0) is 37.5 Å². The summed E-state index contributed by atoms with van der Waals surface area (Å²) in [7, 11) is 1.62. The van der Waals surface area contributed by atoms with Gasteiger partial charge in [-0.25, -0.2) is 4.79 Å². The molecule has 104 valence electrons. The zero-order chi connectivity index (χ0) is 14.1. The molecule has 1 N–H and O–H groups in total. The minimum atomic E-state index is -0.827. The lowest BCUT2D eigenvalue weighted by molar-refractivity contribution is -0.154. The van der Waals surface area contributed by atoms with Crippen molar-refractivity contribution < 1.29 is 19.1 Å². The van der Waals surface area contributed by atoms with Crippen molar-refractivity contribution in [2.24, 2.45) is 0 Å². The maximum absolute atomic E-state index is 11.2. The van der Waals surface area contributed by atoms with E-state index in [0.717, 1.165) is 24.2 Å². The predicted molar refractivity (Wildman–Crippen MR) is 71.0 cm³/mol. The molecule has 0 bridgehead atoms. The Labute approximate surface area is 112 Å². The van der Waals surface area contributed by atoms with E-state index in [1.165, 1.54) is 0 Å². The number of carbonyl (C=O) groups is 2. The van der Waals surface area contributed by atoms with Crippen molar-refractivity contribution in [1.29, 1.82) is 0 Å². The molecule has 0 saturated carbocycles. The van der Waals surface area contributed by atoms with Crippen LogP contribution in [0.25, 0.3) is 0 Å². The van der Waals surface area contributed by atoms with Crippen LogP contribution in [-0.2, 0) is 20.7 Å². The minimum Gasteiger partial charge on any atom is -0.497 e. The van der Waals surface area contributed by atoms with Gasteiger partial charge in [0.1, 0.15) is 5.75 Å². The fourth-order valence-electron chi connectivity index (χ4n) is 1.56. The largest absolute Gasteiger partial charge is 0.497 e. The van der Waals surface area contributed by atoms with Crippen LogP contribution >= 0.6 is 0 Å². The summed E-state index contributed by atoms with van der Waals surface area (Å²) in [4.78, 5) is 22.3. The first kappa shape index (κ1) is 15.0. The monoisotopic (exact) mass is 265 g/mol. The second-order valence-corrected chi connectivity index (χ2v) is 3.93. The van der Waals surface area contributed by atoms with Crippen LogP contribution in [0.15, 0.2) is 24.3 Å². The molecule has 1 aromatic rings. The van der Waals surface area contributed by atoms with Crippen molar-refractivity contribution in [3.05, 3.63) is 29.8 Å². The molecule has 0 atom stereocenters. The molecule has 1 rings (SSSR count). The number of nitrogens with one attached hydrogen (secondary N) is 1. The van der Waals surface area contributed by atoms with Gasteiger partial charge in [0.15, 0.2) is 0 Å². The summed E-state index contributed by atoms with van der Waals surface area (Å²) in [5.41, 5.74) is 1.16. The van der Waals surface area contributed by atoms with Crippen LogP contribution in [0.4, 0.5) is 0 Å². The molecule has 0 unspecified atom stereocenters. The number of hydrogen-bond donors (Lipinski definition) is 1. The quantitative estimate of drug-likeness (QED) is 0.478. The van der Waals surface area contributed by atoms with Gasteiger partial charge in [0, 0.05) is 6.54 Å². The van der Waals surface area contributed by atoms with Gasteiger partial charge in [-0.15, -0.1) is 0 Å². The Kier molecular flexibility index (Phi) is 6.43. The first-order chi connectivity index (χ1) is 9.17. The lowest BCUT2D eigenvalue weighted by Crippen LogP contribution is -2.33. The fourth-order valence-corrected chi connectivity index (χ4v) is 1.56. The molecule has 19 heavy (non-hydrogen) atoms. The van der Waals surface area contributed by atoms with E-state index in [1.54, 1.807) is 14.0 Å². The molecule has 1 aromatic carbocycles. The number of esters is 1. The second-order valence-electron chi connectivity index (χ2n) is 3.93. The van der Waals surface area contributed by atoms with Gasteiger partial charge in [-0.2, -0.15) is 0 Å². The number of rotatable bonds is 6. The highest BCUT2D eigenvalue weighted by molar-refractivity contribution is 6.32. The first-order valence-corrected chi connectivity index (χ1v) is 6.25. The summed E-state index contributed by atoms with van der Waals surface area (Å²) in [5.74, 6) is -0.692. The fraction of sp³-hybridized carbons (Fsp3) is 0.429. The van der Waals surface area contributed by atoms with Crippen molar-refractivity contribution in [3.63, 3.8) is 0 Å². The van der Waals surface area contributed by atoms with Gasteiger partial charge in [0.05, 0.1) is 13.7 Å². The number of amides is 1. The topological polar surface area (TPSA) is 64.6 Å². The van der Waals surface area contributed by atoms with Crippen LogP contribution in [-0.4, -0.2) is 32.1 Å². The maximum Gasteiger partial charge on any atom is 0.396 e. The third-order valence-electron chi connectivity index (χ3n) is 2.55. The Morgan fingerprint density at radius 2 is 1.89 bits per heavy atom. The summed E-state index contributed by atoms with van der Waals surface area (Å²) < 4.78 is 9.65. The molecule has 0 radical (unpaired) electrons. The van der Waals surface area contributed by atoms with E-state index in [9.17, 15) is 9.59 Å². The van der Waals surface area contributed by atoms with Crippen molar-refractivity contribution in [3.8, 4) is 5.75 Å². The lowest BCUT2D eigenvalue weighted by Gasteiger charge is -2.05. The van der Waals surface area contributed by atoms with E-state index in [1.807, 2.05) is 24.3 Å². The molecule has 0 aromatic heterocycles. The third kappa shape index (κ3) is 5.42. The van der Waals surface area contributed by atoms with Gasteiger partial charge < -0.3 is 14.8 Å². The Morgan fingerprint density at radius 3 is 2.47 bits per heavy atom. The Balaban J connectivity index is 2.23. The van der Waals surface area contributed by atoms with Crippen LogP contribution in [0.5, 0.6) is 5.75 Å². The highest BCUT2D eigenvalue weighted by Gasteiger charge is 2.12. The third-order valence-corrected chi connectivity index (χ3v) is 2.55. The molecule has 0 heterocycles. The van der Waals surface area contributed by atoms with E-state index in [0.29, 0.717) is 6.54 Å². The molecule has 1 amide bonds. The summed E-state index contributed by atoms with van der Waals surface area (Å²) in [6.07, 6.45) is 1.59. The molecule has 0 spiro atoms. The van der Waals surface area contributed by atoms with Crippen molar-refractivity contribution in [1.82, 2.24) is 5.32 Å². The van der Waals surface area contributed by atoms with Gasteiger partial charge in [-0.3, -0.25) is 4.79 Å². The van der Waals surface area contributed by atoms with E-state index >= 15 is 0 Å². The summed E-state index contributed by atoms with van der Waals surface area (Å²) in [5, 5.41) is 2.52. The van der Waals surface area contributed by atoms with Crippen molar-refractivity contribution >= 4 is 11.9 Å². The van der Waals surface area contributed by atoms with Gasteiger partial charge >= 0.3 is 11.9 Å². The van der Waals surface area contributed by atoms with Crippen LogP contribution in [0.2, 0.25) is 0 Å². The first-order valence-electron chi connectivity index (χ1n) is 6.25. The molecule has 5 heteroatoms. The van der Waals surface area contributed by atoms with Gasteiger partial charge in [0.2, 0.25) is 0 Å². The Bertz CT molecular complexity index is 414. The van der Waals surface area contributed by atoms with E-state index < -0.39 is 11.9 Å². The Morgan fingerprint density at radius 1 is 1.21 bits per heavy atom. The molecule has 0 aliphatic carbocycles. The molecular formula is C14H19NO4. The summed E-state index contributed by atoms with van der Waals surface area (Å²) >= 11 is 0.